The summed E-state index contributed by atoms with van der Waals surface area (Å²) in [4.78, 5) is 37.6. The van der Waals surface area contributed by atoms with Crippen LogP contribution in [0.25, 0.3) is 0 Å². The highest BCUT2D eigenvalue weighted by atomic mass is 31.2. The van der Waals surface area contributed by atoms with Gasteiger partial charge in [-0.1, -0.05) is 212 Å². The molecule has 1 unspecified atom stereocenters. The van der Waals surface area contributed by atoms with Crippen molar-refractivity contribution in [3.8, 4) is 0 Å². The largest absolute Gasteiger partial charge is 0.756 e. The third-order valence-electron chi connectivity index (χ3n) is 11.5. The van der Waals surface area contributed by atoms with Gasteiger partial charge in [0.2, 0.25) is 0 Å². The van der Waals surface area contributed by atoms with Crippen LogP contribution < -0.4 is 4.89 Å². The smallest absolute Gasteiger partial charge is 0.306 e. The number of hydrogen-bond donors (Lipinski definition) is 0. The molecule has 0 aromatic rings. The summed E-state index contributed by atoms with van der Waals surface area (Å²) < 4.78 is 33.9. The van der Waals surface area contributed by atoms with Crippen molar-refractivity contribution in [2.75, 3.05) is 47.5 Å². The van der Waals surface area contributed by atoms with Gasteiger partial charge in [-0.05, 0) is 44.9 Å². The summed E-state index contributed by atoms with van der Waals surface area (Å²) in [5, 5.41) is 0. The molecular formula is C52H100NO8P. The van der Waals surface area contributed by atoms with Gasteiger partial charge in [0, 0.05) is 12.8 Å². The molecule has 0 heterocycles. The van der Waals surface area contributed by atoms with Gasteiger partial charge in [-0.2, -0.15) is 0 Å². The Kier molecular flexibility index (Phi) is 43.6. The lowest BCUT2D eigenvalue weighted by molar-refractivity contribution is -0.870. The van der Waals surface area contributed by atoms with E-state index in [1.807, 2.05) is 27.2 Å². The molecule has 0 fully saturated rings. The van der Waals surface area contributed by atoms with Gasteiger partial charge < -0.3 is 27.9 Å². The molecule has 0 aromatic heterocycles. The molecule has 0 radical (unpaired) electrons. The van der Waals surface area contributed by atoms with Crippen molar-refractivity contribution in [3.63, 3.8) is 0 Å². The molecule has 366 valence electrons. The molecule has 0 aromatic carbocycles. The third kappa shape index (κ3) is 48.0. The number of unbranched alkanes of at least 4 members (excludes halogenated alkanes) is 30. The van der Waals surface area contributed by atoms with Gasteiger partial charge in [0.15, 0.2) is 6.10 Å². The maximum absolute atomic E-state index is 12.7. The summed E-state index contributed by atoms with van der Waals surface area (Å²) in [7, 11) is 1.14. The zero-order chi connectivity index (χ0) is 45.7. The van der Waals surface area contributed by atoms with Crippen LogP contribution in [0.3, 0.4) is 0 Å². The van der Waals surface area contributed by atoms with E-state index in [1.54, 1.807) is 0 Å². The van der Waals surface area contributed by atoms with E-state index in [0.29, 0.717) is 23.9 Å². The number of carbonyl (C=O) groups is 2. The van der Waals surface area contributed by atoms with Crippen molar-refractivity contribution >= 4 is 19.8 Å². The van der Waals surface area contributed by atoms with Gasteiger partial charge >= 0.3 is 11.9 Å². The van der Waals surface area contributed by atoms with Crippen molar-refractivity contribution in [1.29, 1.82) is 0 Å². The first-order valence-corrected chi connectivity index (χ1v) is 27.5. The van der Waals surface area contributed by atoms with Crippen LogP contribution in [0.4, 0.5) is 0 Å². The van der Waals surface area contributed by atoms with E-state index in [-0.39, 0.29) is 26.1 Å². The Hall–Kier alpha value is -1.51. The molecule has 62 heavy (non-hydrogen) atoms. The average Bonchev–Trinajstić information content (AvgIpc) is 3.23. The highest BCUT2D eigenvalue weighted by Gasteiger charge is 2.21. The van der Waals surface area contributed by atoms with Crippen molar-refractivity contribution in [3.05, 3.63) is 24.3 Å². The first kappa shape index (κ1) is 60.5. The number of quaternary nitrogens is 1. The Morgan fingerprint density at radius 1 is 0.484 bits per heavy atom. The SMILES string of the molecule is CCCCCCCCCCCCC/C=C/CCC(=O)OC[C@H](COP(=O)([O-])OCC[N+](C)(C)C)OC(=O)CCC/C=C/CCCCCCCCCCCCCCCCCCCC. The second-order valence-corrected chi connectivity index (χ2v) is 20.3. The van der Waals surface area contributed by atoms with E-state index in [1.165, 1.54) is 180 Å². The summed E-state index contributed by atoms with van der Waals surface area (Å²) in [6.07, 6.45) is 51.0. The Morgan fingerprint density at radius 3 is 1.26 bits per heavy atom. The standard InChI is InChI=1S/C52H100NO8P/c1-6-8-10-12-14-16-18-20-22-23-24-25-26-27-28-29-31-33-35-37-39-41-43-45-52(55)61-50(49-60-62(56,57)59-47-46-53(3,4)5)48-58-51(54)44-42-40-38-36-34-32-30-21-19-17-15-13-11-9-7-2/h37-40,50H,6-36,41-49H2,1-5H3/b39-37+,40-38+/t50-/m1/s1. The molecule has 10 heteroatoms. The van der Waals surface area contributed by atoms with Crippen LogP contribution in [0.5, 0.6) is 0 Å². The Balaban J connectivity index is 4.25. The Morgan fingerprint density at radius 2 is 0.855 bits per heavy atom. The van der Waals surface area contributed by atoms with Crippen LogP contribution in [0.1, 0.15) is 245 Å². The highest BCUT2D eigenvalue weighted by Crippen LogP contribution is 2.38. The predicted octanol–water partition coefficient (Wildman–Crippen LogP) is 14.8. The molecule has 0 aliphatic carbocycles. The quantitative estimate of drug-likeness (QED) is 0.0195. The number of nitrogens with zero attached hydrogens (tertiary/aromatic N) is 1. The monoisotopic (exact) mass is 898 g/mol. The lowest BCUT2D eigenvalue weighted by Crippen LogP contribution is -2.37. The molecule has 0 spiro atoms. The van der Waals surface area contributed by atoms with E-state index in [9.17, 15) is 19.0 Å². The van der Waals surface area contributed by atoms with E-state index in [2.05, 4.69) is 32.1 Å². The summed E-state index contributed by atoms with van der Waals surface area (Å²) in [6.45, 7) is 4.20. The van der Waals surface area contributed by atoms with Crippen molar-refractivity contribution in [2.45, 2.75) is 251 Å². The molecular weight excluding hydrogens is 798 g/mol. The number of phosphoric ester groups is 1. The average molecular weight is 898 g/mol. The van der Waals surface area contributed by atoms with Crippen LogP contribution in [0.2, 0.25) is 0 Å². The normalized spacial score (nSPS) is 13.6. The molecule has 0 rings (SSSR count). The van der Waals surface area contributed by atoms with Gasteiger partial charge in [0.25, 0.3) is 7.82 Å². The molecule has 0 saturated carbocycles. The molecule has 0 bridgehead atoms. The summed E-state index contributed by atoms with van der Waals surface area (Å²) in [5.41, 5.74) is 0. The molecule has 0 aliphatic heterocycles. The third-order valence-corrected chi connectivity index (χ3v) is 12.4. The van der Waals surface area contributed by atoms with Crippen LogP contribution in [-0.2, 0) is 32.7 Å². The van der Waals surface area contributed by atoms with Crippen LogP contribution in [-0.4, -0.2) is 70.0 Å². The second-order valence-electron chi connectivity index (χ2n) is 18.9. The van der Waals surface area contributed by atoms with Crippen molar-refractivity contribution < 1.29 is 42.1 Å². The van der Waals surface area contributed by atoms with E-state index < -0.39 is 32.5 Å². The lowest BCUT2D eigenvalue weighted by atomic mass is 10.0. The zero-order valence-electron chi connectivity index (χ0n) is 41.3. The minimum absolute atomic E-state index is 0.0381. The summed E-state index contributed by atoms with van der Waals surface area (Å²) >= 11 is 0. The summed E-state index contributed by atoms with van der Waals surface area (Å²) in [5.74, 6) is -0.918. The van der Waals surface area contributed by atoms with Crippen molar-refractivity contribution in [2.24, 2.45) is 0 Å². The fraction of sp³-hybridized carbons (Fsp3) is 0.885. The van der Waals surface area contributed by atoms with E-state index in [4.69, 9.17) is 18.5 Å². The van der Waals surface area contributed by atoms with Gasteiger partial charge in [-0.25, -0.2) is 0 Å². The molecule has 0 saturated heterocycles. The van der Waals surface area contributed by atoms with Crippen LogP contribution in [0.15, 0.2) is 24.3 Å². The Bertz CT molecular complexity index is 1110. The van der Waals surface area contributed by atoms with Crippen LogP contribution >= 0.6 is 7.82 Å². The number of ether oxygens (including phenoxy) is 2. The van der Waals surface area contributed by atoms with Gasteiger partial charge in [0.1, 0.15) is 19.8 Å². The lowest BCUT2D eigenvalue weighted by Gasteiger charge is -2.28. The molecule has 9 nitrogen and oxygen atoms in total. The minimum Gasteiger partial charge on any atom is -0.756 e. The first-order chi connectivity index (χ1) is 30.0. The fourth-order valence-corrected chi connectivity index (χ4v) is 8.11. The molecule has 0 aliphatic rings. The van der Waals surface area contributed by atoms with Gasteiger partial charge in [-0.15, -0.1) is 0 Å². The summed E-state index contributed by atoms with van der Waals surface area (Å²) in [6, 6.07) is 0. The minimum atomic E-state index is -4.64. The van der Waals surface area contributed by atoms with E-state index in [0.717, 1.165) is 25.7 Å². The number of hydrogen-bond acceptors (Lipinski definition) is 8. The van der Waals surface area contributed by atoms with E-state index >= 15 is 0 Å². The zero-order valence-corrected chi connectivity index (χ0v) is 42.2. The number of phosphoric acid groups is 1. The second kappa shape index (κ2) is 44.7. The first-order valence-electron chi connectivity index (χ1n) is 26.0. The number of rotatable bonds is 48. The maximum Gasteiger partial charge on any atom is 0.306 e. The number of likely N-dealkylation sites (N-methyl/N-ethyl adjacent to an activating group) is 1. The number of carbonyl (C=O) groups excluding carboxylic acids is 2. The molecule has 0 amide bonds. The van der Waals surface area contributed by atoms with Gasteiger partial charge in [-0.3, -0.25) is 14.2 Å². The van der Waals surface area contributed by atoms with Crippen molar-refractivity contribution in [1.82, 2.24) is 0 Å². The Labute approximate surface area is 383 Å². The fourth-order valence-electron chi connectivity index (χ4n) is 7.38. The van der Waals surface area contributed by atoms with Gasteiger partial charge in [0.05, 0.1) is 27.7 Å². The highest BCUT2D eigenvalue weighted by molar-refractivity contribution is 7.45. The van der Waals surface area contributed by atoms with Crippen LogP contribution in [0, 0.1) is 0 Å². The number of allylic oxidation sites excluding steroid dienone is 4. The molecule has 0 N–H and O–H groups in total. The predicted molar refractivity (Wildman–Crippen MR) is 259 cm³/mol. The number of esters is 2. The molecule has 2 atom stereocenters. The maximum atomic E-state index is 12.7. The topological polar surface area (TPSA) is 111 Å².